The fraction of sp³-hybridized carbons (Fsp3) is 0.375. The van der Waals surface area contributed by atoms with Crippen molar-refractivity contribution in [2.24, 2.45) is 0 Å². The molecular formula is C16H20ClN3O3S2. The highest BCUT2D eigenvalue weighted by molar-refractivity contribution is 7.89. The average molecular weight is 402 g/mol. The zero-order chi connectivity index (χ0) is 18.4. The molecule has 2 aromatic rings. The van der Waals surface area contributed by atoms with Crippen molar-refractivity contribution < 1.29 is 13.2 Å². The number of hydrogen-bond donors (Lipinski definition) is 1. The summed E-state index contributed by atoms with van der Waals surface area (Å²) in [7, 11) is -2.00. The maximum atomic E-state index is 12.2. The van der Waals surface area contributed by atoms with Crippen molar-refractivity contribution >= 4 is 38.9 Å². The lowest BCUT2D eigenvalue weighted by atomic mass is 10.3. The van der Waals surface area contributed by atoms with E-state index in [2.05, 4.69) is 9.71 Å². The lowest BCUT2D eigenvalue weighted by molar-refractivity contribution is -0.130. The molecule has 0 aliphatic heterocycles. The fourth-order valence-corrected chi connectivity index (χ4v) is 4.18. The highest BCUT2D eigenvalue weighted by atomic mass is 35.5. The molecule has 0 aliphatic rings. The molecule has 0 fully saturated rings. The van der Waals surface area contributed by atoms with Crippen LogP contribution in [0.4, 0.5) is 0 Å². The lowest BCUT2D eigenvalue weighted by Crippen LogP contribution is -2.32. The molecule has 0 bridgehead atoms. The van der Waals surface area contributed by atoms with Crippen LogP contribution < -0.4 is 4.72 Å². The third kappa shape index (κ3) is 5.78. The predicted molar refractivity (Wildman–Crippen MR) is 99.2 cm³/mol. The minimum atomic E-state index is -3.68. The van der Waals surface area contributed by atoms with Crippen molar-refractivity contribution in [1.82, 2.24) is 14.6 Å². The van der Waals surface area contributed by atoms with Gasteiger partial charge in [0.15, 0.2) is 0 Å². The van der Waals surface area contributed by atoms with Crippen molar-refractivity contribution in [3.05, 3.63) is 45.4 Å². The molecule has 1 aromatic heterocycles. The minimum Gasteiger partial charge on any atom is -0.340 e. The molecule has 9 heteroatoms. The number of carbonyl (C=O) groups is 1. The molecule has 0 spiro atoms. The molecule has 0 saturated carbocycles. The van der Waals surface area contributed by atoms with Crippen LogP contribution in [0.15, 0.2) is 34.5 Å². The van der Waals surface area contributed by atoms with Gasteiger partial charge < -0.3 is 4.90 Å². The Kier molecular flexibility index (Phi) is 6.95. The molecular weight excluding hydrogens is 382 g/mol. The third-order valence-corrected chi connectivity index (χ3v) is 6.20. The van der Waals surface area contributed by atoms with Gasteiger partial charge in [-0.05, 0) is 24.6 Å². The van der Waals surface area contributed by atoms with Gasteiger partial charge in [0.05, 0.1) is 22.1 Å². The molecule has 1 heterocycles. The SMILES string of the molecule is CCc1nc(CN(C)C(=O)CCNS(=O)(=O)c2cccc(Cl)c2)cs1. The van der Waals surface area contributed by atoms with Crippen LogP contribution in [0.25, 0.3) is 0 Å². The van der Waals surface area contributed by atoms with E-state index < -0.39 is 10.0 Å². The third-order valence-electron chi connectivity index (χ3n) is 3.46. The first-order valence-corrected chi connectivity index (χ1v) is 10.5. The normalized spacial score (nSPS) is 11.5. The summed E-state index contributed by atoms with van der Waals surface area (Å²) in [6.07, 6.45) is 0.939. The van der Waals surface area contributed by atoms with Crippen LogP contribution in [-0.4, -0.2) is 37.8 Å². The maximum Gasteiger partial charge on any atom is 0.240 e. The molecule has 0 radical (unpaired) electrons. The van der Waals surface area contributed by atoms with Crippen LogP contribution in [0.3, 0.4) is 0 Å². The Morgan fingerprint density at radius 1 is 1.40 bits per heavy atom. The van der Waals surface area contributed by atoms with Crippen LogP contribution >= 0.6 is 22.9 Å². The second kappa shape index (κ2) is 8.75. The van der Waals surface area contributed by atoms with Gasteiger partial charge in [-0.3, -0.25) is 4.79 Å². The number of amides is 1. The largest absolute Gasteiger partial charge is 0.340 e. The highest BCUT2D eigenvalue weighted by Crippen LogP contribution is 2.15. The van der Waals surface area contributed by atoms with Gasteiger partial charge in [0.1, 0.15) is 0 Å². The van der Waals surface area contributed by atoms with Gasteiger partial charge in [0.2, 0.25) is 15.9 Å². The van der Waals surface area contributed by atoms with Crippen LogP contribution in [0, 0.1) is 0 Å². The summed E-state index contributed by atoms with van der Waals surface area (Å²) in [5.74, 6) is -0.153. The Labute approximate surface area is 156 Å². The highest BCUT2D eigenvalue weighted by Gasteiger charge is 2.16. The second-order valence-corrected chi connectivity index (χ2v) is 8.59. The number of carbonyl (C=O) groups excluding carboxylic acids is 1. The topological polar surface area (TPSA) is 79.4 Å². The quantitative estimate of drug-likeness (QED) is 0.737. The molecule has 136 valence electrons. The Hall–Kier alpha value is -1.48. The molecule has 1 aromatic carbocycles. The Morgan fingerprint density at radius 2 is 2.16 bits per heavy atom. The summed E-state index contributed by atoms with van der Waals surface area (Å²) in [5.41, 5.74) is 0.845. The molecule has 2 rings (SSSR count). The van der Waals surface area contributed by atoms with Gasteiger partial charge in [0.25, 0.3) is 0 Å². The number of aryl methyl sites for hydroxylation is 1. The summed E-state index contributed by atoms with van der Waals surface area (Å²) in [4.78, 5) is 18.2. The predicted octanol–water partition coefficient (Wildman–Crippen LogP) is 2.69. The molecule has 0 saturated heterocycles. The first-order valence-electron chi connectivity index (χ1n) is 7.74. The molecule has 1 amide bonds. The van der Waals surface area contributed by atoms with Gasteiger partial charge in [-0.2, -0.15) is 0 Å². The van der Waals surface area contributed by atoms with Crippen molar-refractivity contribution in [2.45, 2.75) is 31.2 Å². The molecule has 0 atom stereocenters. The number of nitrogens with zero attached hydrogens (tertiary/aromatic N) is 2. The van der Waals surface area contributed by atoms with E-state index >= 15 is 0 Å². The van der Waals surface area contributed by atoms with Crippen molar-refractivity contribution in [2.75, 3.05) is 13.6 Å². The number of benzene rings is 1. The monoisotopic (exact) mass is 401 g/mol. The average Bonchev–Trinajstić information content (AvgIpc) is 3.02. The number of nitrogens with one attached hydrogen (secondary N) is 1. The van der Waals surface area contributed by atoms with E-state index in [4.69, 9.17) is 11.6 Å². The molecule has 6 nitrogen and oxygen atoms in total. The minimum absolute atomic E-state index is 0.0231. The van der Waals surface area contributed by atoms with E-state index in [9.17, 15) is 13.2 Å². The number of aromatic nitrogens is 1. The van der Waals surface area contributed by atoms with Gasteiger partial charge in [-0.1, -0.05) is 24.6 Å². The molecule has 1 N–H and O–H groups in total. The summed E-state index contributed by atoms with van der Waals surface area (Å²) in [6.45, 7) is 2.47. The van der Waals surface area contributed by atoms with E-state index in [1.165, 1.54) is 12.1 Å². The number of rotatable bonds is 8. The maximum absolute atomic E-state index is 12.2. The standard InChI is InChI=1S/C16H20ClN3O3S2/c1-3-15-19-13(11-24-15)10-20(2)16(21)7-8-18-25(22,23)14-6-4-5-12(17)9-14/h4-6,9,11,18H,3,7-8,10H2,1-2H3. The van der Waals surface area contributed by atoms with Crippen molar-refractivity contribution in [3.63, 3.8) is 0 Å². The zero-order valence-corrected chi connectivity index (χ0v) is 16.4. The molecule has 0 aliphatic carbocycles. The number of hydrogen-bond acceptors (Lipinski definition) is 5. The van der Waals surface area contributed by atoms with E-state index in [0.29, 0.717) is 11.6 Å². The van der Waals surface area contributed by atoms with E-state index in [-0.39, 0.29) is 23.8 Å². The van der Waals surface area contributed by atoms with E-state index in [1.54, 1.807) is 35.4 Å². The second-order valence-electron chi connectivity index (χ2n) is 5.44. The summed E-state index contributed by atoms with van der Waals surface area (Å²) < 4.78 is 26.7. The smallest absolute Gasteiger partial charge is 0.240 e. The lowest BCUT2D eigenvalue weighted by Gasteiger charge is -2.16. The Bertz CT molecular complexity index is 837. The fourth-order valence-electron chi connectivity index (χ4n) is 2.12. The molecule has 0 unspecified atom stereocenters. The van der Waals surface area contributed by atoms with Crippen LogP contribution in [0.5, 0.6) is 0 Å². The van der Waals surface area contributed by atoms with E-state index in [1.807, 2.05) is 12.3 Å². The van der Waals surface area contributed by atoms with Gasteiger partial charge in [0, 0.05) is 30.4 Å². The van der Waals surface area contributed by atoms with Gasteiger partial charge >= 0.3 is 0 Å². The van der Waals surface area contributed by atoms with Gasteiger partial charge in [-0.25, -0.2) is 18.1 Å². The zero-order valence-electron chi connectivity index (χ0n) is 14.0. The van der Waals surface area contributed by atoms with Crippen molar-refractivity contribution in [1.29, 1.82) is 0 Å². The van der Waals surface area contributed by atoms with E-state index in [0.717, 1.165) is 17.1 Å². The summed E-state index contributed by atoms with van der Waals surface area (Å²) in [5, 5.41) is 3.31. The van der Waals surface area contributed by atoms with Crippen LogP contribution in [-0.2, 0) is 27.8 Å². The summed E-state index contributed by atoms with van der Waals surface area (Å²) >= 11 is 7.38. The Balaban J connectivity index is 1.84. The summed E-state index contributed by atoms with van der Waals surface area (Å²) in [6, 6.07) is 5.98. The van der Waals surface area contributed by atoms with Crippen LogP contribution in [0.1, 0.15) is 24.0 Å². The molecule has 25 heavy (non-hydrogen) atoms. The first kappa shape index (κ1) is 19.8. The number of halogens is 1. The van der Waals surface area contributed by atoms with Crippen LogP contribution in [0.2, 0.25) is 5.02 Å². The number of thiazole rings is 1. The van der Waals surface area contributed by atoms with Gasteiger partial charge in [-0.15, -0.1) is 11.3 Å². The first-order chi connectivity index (χ1) is 11.8. The van der Waals surface area contributed by atoms with Crippen molar-refractivity contribution in [3.8, 4) is 0 Å². The Morgan fingerprint density at radius 3 is 2.80 bits per heavy atom. The number of sulfonamides is 1.